The predicted molar refractivity (Wildman–Crippen MR) is 107 cm³/mol. The number of ether oxygens (including phenoxy) is 1. The largest absolute Gasteiger partial charge is 0.378 e. The van der Waals surface area contributed by atoms with E-state index in [0.29, 0.717) is 58.3 Å². The average Bonchev–Trinajstić information content (AvgIpc) is 2.76. The van der Waals surface area contributed by atoms with E-state index in [0.717, 1.165) is 5.69 Å². The molecule has 2 aliphatic heterocycles. The Morgan fingerprint density at radius 1 is 0.931 bits per heavy atom. The molecule has 8 nitrogen and oxygen atoms in total. The molecular formula is C20H24FN5O3. The van der Waals surface area contributed by atoms with Crippen molar-refractivity contribution in [3.8, 4) is 0 Å². The number of amides is 1. The fraction of sp³-hybridized carbons (Fsp3) is 0.450. The first-order valence-electron chi connectivity index (χ1n) is 9.79. The van der Waals surface area contributed by atoms with Gasteiger partial charge in [-0.05, 0) is 30.3 Å². The van der Waals surface area contributed by atoms with Crippen molar-refractivity contribution in [2.24, 2.45) is 0 Å². The molecule has 2 aromatic rings. The molecule has 0 atom stereocenters. The number of carbonyl (C=O) groups excluding carboxylic acids is 1. The molecule has 2 aliphatic rings. The minimum Gasteiger partial charge on any atom is -0.378 e. The van der Waals surface area contributed by atoms with Crippen LogP contribution < -0.4 is 15.4 Å². The standard InChI is InChI=1S/C20H24FN5O3/c21-16-1-3-17(4-2-16)23-7-9-25(10-8-23)20(28)15-26-19(27)6-5-18(22-26)24-11-13-29-14-12-24/h1-6H,7-15H2. The molecule has 154 valence electrons. The Labute approximate surface area is 168 Å². The zero-order valence-corrected chi connectivity index (χ0v) is 16.2. The van der Waals surface area contributed by atoms with Crippen molar-refractivity contribution in [1.82, 2.24) is 14.7 Å². The van der Waals surface area contributed by atoms with Crippen LogP contribution in [0.5, 0.6) is 0 Å². The van der Waals surface area contributed by atoms with E-state index in [9.17, 15) is 14.0 Å². The minimum absolute atomic E-state index is 0.0758. The summed E-state index contributed by atoms with van der Waals surface area (Å²) in [4.78, 5) is 30.8. The number of rotatable bonds is 4. The summed E-state index contributed by atoms with van der Waals surface area (Å²) in [5.74, 6) is 0.291. The minimum atomic E-state index is -0.291. The van der Waals surface area contributed by atoms with Gasteiger partial charge in [-0.2, -0.15) is 5.10 Å². The zero-order valence-electron chi connectivity index (χ0n) is 16.2. The van der Waals surface area contributed by atoms with E-state index < -0.39 is 0 Å². The lowest BCUT2D eigenvalue weighted by Crippen LogP contribution is -2.50. The third kappa shape index (κ3) is 4.56. The molecule has 1 aromatic carbocycles. The first kappa shape index (κ1) is 19.4. The number of nitrogens with zero attached hydrogens (tertiary/aromatic N) is 5. The maximum atomic E-state index is 13.1. The van der Waals surface area contributed by atoms with Crippen LogP contribution in [0.4, 0.5) is 15.9 Å². The molecule has 2 saturated heterocycles. The van der Waals surface area contributed by atoms with Crippen LogP contribution in [0.1, 0.15) is 0 Å². The van der Waals surface area contributed by atoms with Crippen molar-refractivity contribution < 1.29 is 13.9 Å². The van der Waals surface area contributed by atoms with Crippen LogP contribution in [-0.4, -0.2) is 73.1 Å². The van der Waals surface area contributed by atoms with E-state index >= 15 is 0 Å². The summed E-state index contributed by atoms with van der Waals surface area (Å²) in [6.07, 6.45) is 0. The molecule has 0 unspecified atom stereocenters. The van der Waals surface area contributed by atoms with Gasteiger partial charge in [0, 0.05) is 51.0 Å². The van der Waals surface area contributed by atoms with E-state index in [2.05, 4.69) is 10.00 Å². The van der Waals surface area contributed by atoms with Gasteiger partial charge in [-0.1, -0.05) is 0 Å². The predicted octanol–water partition coefficient (Wildman–Crippen LogP) is 0.568. The monoisotopic (exact) mass is 401 g/mol. The summed E-state index contributed by atoms with van der Waals surface area (Å²) in [5.41, 5.74) is 0.648. The number of morpholine rings is 1. The van der Waals surface area contributed by atoms with E-state index in [4.69, 9.17) is 4.74 Å². The normalized spacial score (nSPS) is 17.5. The van der Waals surface area contributed by atoms with Gasteiger partial charge >= 0.3 is 0 Å². The van der Waals surface area contributed by atoms with Gasteiger partial charge in [-0.15, -0.1) is 0 Å². The maximum absolute atomic E-state index is 13.1. The lowest BCUT2D eigenvalue weighted by molar-refractivity contribution is -0.132. The summed E-state index contributed by atoms with van der Waals surface area (Å²) >= 11 is 0. The number of halogens is 1. The summed E-state index contributed by atoms with van der Waals surface area (Å²) in [7, 11) is 0. The molecule has 4 rings (SSSR count). The summed E-state index contributed by atoms with van der Waals surface area (Å²) in [5, 5.41) is 4.38. The first-order chi connectivity index (χ1) is 14.1. The number of hydrogen-bond donors (Lipinski definition) is 0. The Bertz CT molecular complexity index is 903. The van der Waals surface area contributed by atoms with Gasteiger partial charge in [0.2, 0.25) is 5.91 Å². The van der Waals surface area contributed by atoms with Gasteiger partial charge in [0.05, 0.1) is 13.2 Å². The smallest absolute Gasteiger partial charge is 0.267 e. The molecule has 0 N–H and O–H groups in total. The Morgan fingerprint density at radius 3 is 2.31 bits per heavy atom. The number of benzene rings is 1. The lowest BCUT2D eigenvalue weighted by atomic mass is 10.2. The van der Waals surface area contributed by atoms with Crippen LogP contribution in [-0.2, 0) is 16.1 Å². The molecule has 0 bridgehead atoms. The molecule has 3 heterocycles. The highest BCUT2D eigenvalue weighted by Gasteiger charge is 2.22. The van der Waals surface area contributed by atoms with Crippen molar-refractivity contribution in [1.29, 1.82) is 0 Å². The van der Waals surface area contributed by atoms with Gasteiger partial charge in [-0.25, -0.2) is 9.07 Å². The Hall–Kier alpha value is -2.94. The number of carbonyl (C=O) groups is 1. The summed E-state index contributed by atoms with van der Waals surface area (Å²) in [6.45, 7) is 5.02. The number of piperazine rings is 1. The van der Waals surface area contributed by atoms with E-state index in [1.54, 1.807) is 23.1 Å². The average molecular weight is 401 g/mol. The van der Waals surface area contributed by atoms with Crippen LogP contribution >= 0.6 is 0 Å². The third-order valence-corrected chi connectivity index (χ3v) is 5.30. The molecule has 1 amide bonds. The van der Waals surface area contributed by atoms with Crippen molar-refractivity contribution in [3.63, 3.8) is 0 Å². The molecule has 1 aromatic heterocycles. The van der Waals surface area contributed by atoms with Gasteiger partial charge in [0.1, 0.15) is 18.2 Å². The molecular weight excluding hydrogens is 377 g/mol. The van der Waals surface area contributed by atoms with E-state index in [1.165, 1.54) is 22.9 Å². The first-order valence-corrected chi connectivity index (χ1v) is 9.79. The highest BCUT2D eigenvalue weighted by molar-refractivity contribution is 5.76. The molecule has 9 heteroatoms. The summed E-state index contributed by atoms with van der Waals surface area (Å²) < 4.78 is 19.7. The maximum Gasteiger partial charge on any atom is 0.267 e. The second-order valence-electron chi connectivity index (χ2n) is 7.13. The topological polar surface area (TPSA) is 70.9 Å². The van der Waals surface area contributed by atoms with E-state index in [-0.39, 0.29) is 23.8 Å². The quantitative estimate of drug-likeness (QED) is 0.746. The van der Waals surface area contributed by atoms with Crippen LogP contribution in [0.3, 0.4) is 0 Å². The summed E-state index contributed by atoms with van der Waals surface area (Å²) in [6, 6.07) is 9.51. The second-order valence-corrected chi connectivity index (χ2v) is 7.13. The Balaban J connectivity index is 1.37. The van der Waals surface area contributed by atoms with Crippen molar-refractivity contribution in [3.05, 3.63) is 52.6 Å². The van der Waals surface area contributed by atoms with Crippen molar-refractivity contribution >= 4 is 17.4 Å². The fourth-order valence-electron chi connectivity index (χ4n) is 3.61. The third-order valence-electron chi connectivity index (χ3n) is 5.30. The molecule has 29 heavy (non-hydrogen) atoms. The number of anilines is 2. The Morgan fingerprint density at radius 2 is 1.62 bits per heavy atom. The van der Waals surface area contributed by atoms with Crippen LogP contribution in [0.25, 0.3) is 0 Å². The highest BCUT2D eigenvalue weighted by atomic mass is 19.1. The molecule has 0 saturated carbocycles. The SMILES string of the molecule is O=C(Cn1nc(N2CCOCC2)ccc1=O)N1CCN(c2ccc(F)cc2)CC1. The highest BCUT2D eigenvalue weighted by Crippen LogP contribution is 2.17. The van der Waals surface area contributed by atoms with Crippen molar-refractivity contribution in [2.75, 3.05) is 62.3 Å². The van der Waals surface area contributed by atoms with Crippen LogP contribution in [0.15, 0.2) is 41.2 Å². The fourth-order valence-corrected chi connectivity index (χ4v) is 3.61. The van der Waals surface area contributed by atoms with Gasteiger partial charge in [0.15, 0.2) is 0 Å². The van der Waals surface area contributed by atoms with Crippen LogP contribution in [0.2, 0.25) is 0 Å². The number of hydrogen-bond acceptors (Lipinski definition) is 6. The second kappa shape index (κ2) is 8.60. The molecule has 2 fully saturated rings. The molecule has 0 spiro atoms. The zero-order chi connectivity index (χ0) is 20.2. The lowest BCUT2D eigenvalue weighted by Gasteiger charge is -2.36. The van der Waals surface area contributed by atoms with Gasteiger partial charge in [-0.3, -0.25) is 9.59 Å². The Kier molecular flexibility index (Phi) is 5.75. The van der Waals surface area contributed by atoms with Crippen LogP contribution in [0, 0.1) is 5.82 Å². The molecule has 0 aliphatic carbocycles. The van der Waals surface area contributed by atoms with Gasteiger partial charge < -0.3 is 19.4 Å². The van der Waals surface area contributed by atoms with Crippen molar-refractivity contribution in [2.45, 2.75) is 6.54 Å². The van der Waals surface area contributed by atoms with E-state index in [1.807, 2.05) is 4.90 Å². The van der Waals surface area contributed by atoms with Gasteiger partial charge in [0.25, 0.3) is 5.56 Å². The number of aromatic nitrogens is 2. The molecule has 0 radical (unpaired) electrons.